The maximum absolute atomic E-state index is 13.1. The predicted octanol–water partition coefficient (Wildman–Crippen LogP) is 0.906. The number of aliphatic hydroxyl groups is 1. The Morgan fingerprint density at radius 1 is 1.33 bits per heavy atom. The van der Waals surface area contributed by atoms with E-state index in [1.54, 1.807) is 18.3 Å². The van der Waals surface area contributed by atoms with E-state index in [9.17, 15) is 9.90 Å². The van der Waals surface area contributed by atoms with Crippen LogP contribution in [-0.4, -0.2) is 85.6 Å². The third-order valence-corrected chi connectivity index (χ3v) is 7.79. The molecule has 0 saturated carbocycles. The number of aliphatic hydroxyl groups excluding tert-OH is 1. The predicted molar refractivity (Wildman–Crippen MR) is 127 cm³/mol. The number of nitrogens with zero attached hydrogens (tertiary/aromatic N) is 7. The second-order valence-electron chi connectivity index (χ2n) is 8.80. The van der Waals surface area contributed by atoms with Crippen LogP contribution in [-0.2, 0) is 20.1 Å². The minimum Gasteiger partial charge on any atom is -0.391 e. The normalized spacial score (nSPS) is 23.0. The number of likely N-dealkylation sites (tertiary alicyclic amines) is 1. The summed E-state index contributed by atoms with van der Waals surface area (Å²) < 4.78 is 6.31. The third kappa shape index (κ3) is 4.57. The lowest BCUT2D eigenvalue weighted by molar-refractivity contribution is 0.0942. The number of hydrogen-bond donors (Lipinski definition) is 2. The number of aliphatic imine (C=N–C) groups is 2. The topological polar surface area (TPSA) is 103 Å². The number of carbonyl (C=O) groups excluding carboxylic acids is 1. The summed E-state index contributed by atoms with van der Waals surface area (Å²) in [6, 6.07) is 4.03. The van der Waals surface area contributed by atoms with Gasteiger partial charge in [0.15, 0.2) is 0 Å². The highest BCUT2D eigenvalue weighted by Crippen LogP contribution is 2.31. The third-order valence-electron chi connectivity index (χ3n) is 6.61. The molecule has 0 spiro atoms. The van der Waals surface area contributed by atoms with Crippen molar-refractivity contribution in [1.29, 1.82) is 0 Å². The standard InChI is InChI=1S/C22H30N8O2S/c1-15-20(33-29-7-8-30-17(12-29)3-5-26-30)9-19(27(15)2)22(32)24-11-16-10-23-14-25-21(16)28-6-4-18(31)13-28/h3,5,9,14,16,18,31H,4,6-8,10-13H2,1-2H3,(H,24,32). The molecule has 1 fully saturated rings. The summed E-state index contributed by atoms with van der Waals surface area (Å²) in [4.78, 5) is 25.0. The van der Waals surface area contributed by atoms with Gasteiger partial charge < -0.3 is 19.9 Å². The van der Waals surface area contributed by atoms with Crippen molar-refractivity contribution in [3.63, 3.8) is 0 Å². The second kappa shape index (κ2) is 9.32. The van der Waals surface area contributed by atoms with E-state index >= 15 is 0 Å². The molecule has 11 heteroatoms. The smallest absolute Gasteiger partial charge is 0.267 e. The molecule has 176 valence electrons. The number of amidine groups is 1. The fourth-order valence-electron chi connectivity index (χ4n) is 4.57. The van der Waals surface area contributed by atoms with Gasteiger partial charge >= 0.3 is 0 Å². The number of hydrogen-bond acceptors (Lipinski definition) is 8. The fraction of sp³-hybridized carbons (Fsp3) is 0.545. The van der Waals surface area contributed by atoms with Crippen molar-refractivity contribution in [2.24, 2.45) is 23.0 Å². The number of fused-ring (bicyclic) bond motifs is 1. The minimum absolute atomic E-state index is 0.0117. The summed E-state index contributed by atoms with van der Waals surface area (Å²) in [6.45, 7) is 7.08. The van der Waals surface area contributed by atoms with Crippen molar-refractivity contribution in [2.45, 2.75) is 37.4 Å². The molecule has 5 rings (SSSR count). The van der Waals surface area contributed by atoms with Crippen LogP contribution in [0.5, 0.6) is 0 Å². The van der Waals surface area contributed by atoms with Gasteiger partial charge in [-0.2, -0.15) is 5.10 Å². The summed E-state index contributed by atoms with van der Waals surface area (Å²) in [5, 5.41) is 17.3. The van der Waals surface area contributed by atoms with Crippen molar-refractivity contribution in [1.82, 2.24) is 28.9 Å². The maximum Gasteiger partial charge on any atom is 0.267 e. The van der Waals surface area contributed by atoms with E-state index in [2.05, 4.69) is 35.7 Å². The first-order chi connectivity index (χ1) is 16.0. The zero-order valence-electron chi connectivity index (χ0n) is 19.0. The van der Waals surface area contributed by atoms with Gasteiger partial charge in [0, 0.05) is 50.0 Å². The van der Waals surface area contributed by atoms with Crippen LogP contribution in [0, 0.1) is 12.8 Å². The second-order valence-corrected chi connectivity index (χ2v) is 9.94. The van der Waals surface area contributed by atoms with Gasteiger partial charge in [-0.15, -0.1) is 0 Å². The van der Waals surface area contributed by atoms with Gasteiger partial charge in [-0.25, -0.2) is 9.30 Å². The van der Waals surface area contributed by atoms with Gasteiger partial charge in [-0.1, -0.05) is 0 Å². The number of aromatic nitrogens is 3. The Kier molecular flexibility index (Phi) is 6.26. The Morgan fingerprint density at radius 2 is 2.21 bits per heavy atom. The molecule has 1 saturated heterocycles. The van der Waals surface area contributed by atoms with Crippen LogP contribution in [0.3, 0.4) is 0 Å². The molecule has 1 amide bonds. The van der Waals surface area contributed by atoms with Crippen LogP contribution in [0.25, 0.3) is 0 Å². The van der Waals surface area contributed by atoms with Crippen molar-refractivity contribution >= 4 is 30.0 Å². The molecule has 0 bridgehead atoms. The van der Waals surface area contributed by atoms with Crippen LogP contribution >= 0.6 is 11.9 Å². The van der Waals surface area contributed by atoms with Crippen molar-refractivity contribution in [2.75, 3.05) is 32.7 Å². The first-order valence-electron chi connectivity index (χ1n) is 11.4. The van der Waals surface area contributed by atoms with Gasteiger partial charge in [0.25, 0.3) is 5.91 Å². The summed E-state index contributed by atoms with van der Waals surface area (Å²) in [5.41, 5.74) is 2.92. The number of carbonyl (C=O) groups is 1. The van der Waals surface area contributed by atoms with E-state index in [-0.39, 0.29) is 17.9 Å². The van der Waals surface area contributed by atoms with Crippen molar-refractivity contribution < 1.29 is 9.90 Å². The Balaban J connectivity index is 1.22. The van der Waals surface area contributed by atoms with Crippen LogP contribution in [0.15, 0.2) is 33.2 Å². The van der Waals surface area contributed by atoms with E-state index in [4.69, 9.17) is 0 Å². The van der Waals surface area contributed by atoms with E-state index in [0.29, 0.717) is 25.3 Å². The van der Waals surface area contributed by atoms with Gasteiger partial charge in [-0.3, -0.25) is 14.5 Å². The maximum atomic E-state index is 13.1. The van der Waals surface area contributed by atoms with Gasteiger partial charge in [-0.05, 0) is 37.4 Å². The number of amides is 1. The molecule has 33 heavy (non-hydrogen) atoms. The fourth-order valence-corrected chi connectivity index (χ4v) is 5.66. The van der Waals surface area contributed by atoms with E-state index in [1.165, 1.54) is 5.69 Å². The molecule has 2 N–H and O–H groups in total. The molecule has 0 aromatic carbocycles. The lowest BCUT2D eigenvalue weighted by atomic mass is 10.1. The summed E-state index contributed by atoms with van der Waals surface area (Å²) in [5.74, 6) is 0.822. The zero-order valence-corrected chi connectivity index (χ0v) is 19.8. The molecule has 3 aliphatic heterocycles. The first kappa shape index (κ1) is 22.2. The lowest BCUT2D eigenvalue weighted by Crippen LogP contribution is -2.43. The van der Waals surface area contributed by atoms with Crippen molar-refractivity contribution in [3.05, 3.63) is 35.4 Å². The monoisotopic (exact) mass is 470 g/mol. The molecule has 5 heterocycles. The Hall–Kier alpha value is -2.63. The SMILES string of the molecule is Cc1c(SN2CCn3nccc3C2)cc(C(=O)NCC2CN=CN=C2N2CCC(O)C2)n1C. The summed E-state index contributed by atoms with van der Waals surface area (Å²) >= 11 is 1.70. The molecule has 2 unspecified atom stereocenters. The van der Waals surface area contributed by atoms with Crippen LogP contribution in [0.2, 0.25) is 0 Å². The van der Waals surface area contributed by atoms with Crippen LogP contribution in [0.1, 0.15) is 28.3 Å². The molecule has 2 atom stereocenters. The highest BCUT2D eigenvalue weighted by atomic mass is 32.2. The molecule has 2 aromatic rings. The summed E-state index contributed by atoms with van der Waals surface area (Å²) in [7, 11) is 1.93. The van der Waals surface area contributed by atoms with Crippen molar-refractivity contribution in [3.8, 4) is 0 Å². The Morgan fingerprint density at radius 3 is 3.03 bits per heavy atom. The number of nitrogens with one attached hydrogen (secondary N) is 1. The molecule has 0 aliphatic carbocycles. The average molecular weight is 471 g/mol. The number of rotatable bonds is 5. The molecule has 3 aliphatic rings. The molecule has 0 radical (unpaired) electrons. The quantitative estimate of drug-likeness (QED) is 0.630. The van der Waals surface area contributed by atoms with E-state index in [0.717, 1.165) is 49.0 Å². The Bertz CT molecular complexity index is 1090. The molecule has 2 aromatic heterocycles. The van der Waals surface area contributed by atoms with E-state index < -0.39 is 0 Å². The molecular formula is C22H30N8O2S. The largest absolute Gasteiger partial charge is 0.391 e. The average Bonchev–Trinajstić information content (AvgIpc) is 3.53. The lowest BCUT2D eigenvalue weighted by Gasteiger charge is -2.28. The zero-order chi connectivity index (χ0) is 22.9. The van der Waals surface area contributed by atoms with E-state index in [1.807, 2.05) is 35.5 Å². The van der Waals surface area contributed by atoms with Crippen LogP contribution < -0.4 is 5.32 Å². The minimum atomic E-state index is -0.315. The molecular weight excluding hydrogens is 440 g/mol. The highest BCUT2D eigenvalue weighted by Gasteiger charge is 2.30. The van der Waals surface area contributed by atoms with Gasteiger partial charge in [0.05, 0.1) is 37.4 Å². The van der Waals surface area contributed by atoms with Gasteiger partial charge in [0.2, 0.25) is 0 Å². The first-order valence-corrected chi connectivity index (χ1v) is 12.1. The Labute approximate surface area is 197 Å². The highest BCUT2D eigenvalue weighted by molar-refractivity contribution is 7.97. The summed E-state index contributed by atoms with van der Waals surface area (Å²) in [6.07, 6.45) is 3.86. The van der Waals surface area contributed by atoms with Crippen LogP contribution in [0.4, 0.5) is 0 Å². The molecule has 10 nitrogen and oxygen atoms in total. The van der Waals surface area contributed by atoms with Gasteiger partial charge in [0.1, 0.15) is 17.9 Å². The number of β-amino-alcohol motifs (C(OH)–C–C–N with tert-alkyl or cyclic N) is 1.